The number of rotatable bonds is 4. The smallest absolute Gasteiger partial charge is 0.371 e. The van der Waals surface area contributed by atoms with E-state index >= 15 is 0 Å². The van der Waals surface area contributed by atoms with Crippen LogP contribution in [-0.4, -0.2) is 22.0 Å². The van der Waals surface area contributed by atoms with Gasteiger partial charge in [-0.3, -0.25) is 9.59 Å². The van der Waals surface area contributed by atoms with Gasteiger partial charge in [0, 0.05) is 6.20 Å². The van der Waals surface area contributed by atoms with Gasteiger partial charge in [-0.1, -0.05) is 0 Å². The maximum absolute atomic E-state index is 11.7. The summed E-state index contributed by atoms with van der Waals surface area (Å²) in [5.74, 6) is -1.66. The molecule has 0 bridgehead atoms. The number of hydrogen-bond acceptors (Lipinski definition) is 4. The van der Waals surface area contributed by atoms with Gasteiger partial charge >= 0.3 is 5.97 Å². The number of carboxylic acid groups (broad SMARTS) is 1. The molecule has 98 valence electrons. The lowest BCUT2D eigenvalue weighted by atomic mass is 10.2. The van der Waals surface area contributed by atoms with Gasteiger partial charge in [0.25, 0.3) is 11.5 Å². The Morgan fingerprint density at radius 3 is 2.74 bits per heavy atom. The summed E-state index contributed by atoms with van der Waals surface area (Å²) in [5, 5.41) is 11.1. The Morgan fingerprint density at radius 2 is 2.11 bits per heavy atom. The van der Waals surface area contributed by atoms with Gasteiger partial charge in [-0.25, -0.2) is 4.79 Å². The molecule has 0 unspecified atom stereocenters. The second kappa shape index (κ2) is 5.21. The zero-order valence-corrected chi connectivity index (χ0v) is 9.67. The largest absolute Gasteiger partial charge is 0.475 e. The molecule has 0 radical (unpaired) electrons. The van der Waals surface area contributed by atoms with Crippen molar-refractivity contribution in [2.24, 2.45) is 0 Å². The Labute approximate surface area is 106 Å². The maximum atomic E-state index is 11.7. The van der Waals surface area contributed by atoms with E-state index in [9.17, 15) is 14.4 Å². The third kappa shape index (κ3) is 2.89. The number of carbonyl (C=O) groups excluding carboxylic acids is 1. The van der Waals surface area contributed by atoms with E-state index in [1.165, 1.54) is 30.5 Å². The summed E-state index contributed by atoms with van der Waals surface area (Å²) >= 11 is 0. The first kappa shape index (κ1) is 12.6. The molecule has 0 atom stereocenters. The highest BCUT2D eigenvalue weighted by Gasteiger charge is 2.12. The molecule has 0 aliphatic carbocycles. The van der Waals surface area contributed by atoms with Crippen LogP contribution in [0.25, 0.3) is 0 Å². The van der Waals surface area contributed by atoms with Crippen molar-refractivity contribution >= 4 is 11.9 Å². The van der Waals surface area contributed by atoms with Crippen LogP contribution in [0.1, 0.15) is 26.7 Å². The Morgan fingerprint density at radius 1 is 1.32 bits per heavy atom. The lowest BCUT2D eigenvalue weighted by molar-refractivity contribution is 0.0660. The molecule has 0 aliphatic rings. The normalized spacial score (nSPS) is 10.1. The molecule has 0 saturated carbocycles. The molecule has 19 heavy (non-hydrogen) atoms. The van der Waals surface area contributed by atoms with Crippen molar-refractivity contribution in [3.8, 4) is 0 Å². The second-order valence-corrected chi connectivity index (χ2v) is 3.67. The van der Waals surface area contributed by atoms with Crippen LogP contribution in [0.2, 0.25) is 0 Å². The first-order valence-electron chi connectivity index (χ1n) is 5.36. The zero-order valence-electron chi connectivity index (χ0n) is 9.67. The molecule has 0 aromatic carbocycles. The zero-order chi connectivity index (χ0) is 13.8. The summed E-state index contributed by atoms with van der Waals surface area (Å²) in [5.41, 5.74) is -0.516. The van der Waals surface area contributed by atoms with Crippen molar-refractivity contribution in [3.63, 3.8) is 0 Å². The molecule has 3 N–H and O–H groups in total. The van der Waals surface area contributed by atoms with E-state index in [0.29, 0.717) is 0 Å². The predicted octanol–water partition coefficient (Wildman–Crippen LogP) is 0.596. The van der Waals surface area contributed by atoms with Crippen molar-refractivity contribution in [3.05, 3.63) is 57.9 Å². The Bertz CT molecular complexity index is 671. The van der Waals surface area contributed by atoms with Gasteiger partial charge in [-0.2, -0.15) is 0 Å². The van der Waals surface area contributed by atoms with Crippen LogP contribution in [0, 0.1) is 0 Å². The van der Waals surface area contributed by atoms with Crippen LogP contribution < -0.4 is 10.9 Å². The average Bonchev–Trinajstić information content (AvgIpc) is 2.85. The number of furan rings is 1. The molecule has 2 aromatic heterocycles. The molecule has 1 amide bonds. The van der Waals surface area contributed by atoms with Gasteiger partial charge in [0.05, 0.1) is 6.54 Å². The summed E-state index contributed by atoms with van der Waals surface area (Å²) in [7, 11) is 0. The molecule has 7 heteroatoms. The van der Waals surface area contributed by atoms with E-state index < -0.39 is 17.4 Å². The minimum absolute atomic E-state index is 0.000444. The number of aromatic carboxylic acids is 1. The van der Waals surface area contributed by atoms with Gasteiger partial charge < -0.3 is 19.8 Å². The van der Waals surface area contributed by atoms with E-state index in [2.05, 4.69) is 10.3 Å². The highest BCUT2D eigenvalue weighted by Crippen LogP contribution is 2.07. The number of aromatic nitrogens is 1. The van der Waals surface area contributed by atoms with E-state index in [1.54, 1.807) is 0 Å². The van der Waals surface area contributed by atoms with Gasteiger partial charge in [-0.05, 0) is 24.3 Å². The van der Waals surface area contributed by atoms with Gasteiger partial charge in [0.2, 0.25) is 5.76 Å². The van der Waals surface area contributed by atoms with Crippen LogP contribution in [-0.2, 0) is 6.54 Å². The number of H-pyrrole nitrogens is 1. The molecule has 2 rings (SSSR count). The molecular weight excluding hydrogens is 252 g/mol. The molecule has 0 spiro atoms. The van der Waals surface area contributed by atoms with Crippen LogP contribution in [0.15, 0.2) is 39.7 Å². The minimum Gasteiger partial charge on any atom is -0.475 e. The van der Waals surface area contributed by atoms with Crippen molar-refractivity contribution in [2.75, 3.05) is 0 Å². The van der Waals surface area contributed by atoms with Crippen molar-refractivity contribution < 1.29 is 19.1 Å². The van der Waals surface area contributed by atoms with E-state index in [4.69, 9.17) is 9.52 Å². The molecule has 2 heterocycles. The fourth-order valence-electron chi connectivity index (χ4n) is 1.45. The molecular formula is C12H10N2O5. The van der Waals surface area contributed by atoms with E-state index in [-0.39, 0.29) is 23.6 Å². The van der Waals surface area contributed by atoms with Crippen LogP contribution in [0.5, 0.6) is 0 Å². The Kier molecular flexibility index (Phi) is 3.46. The highest BCUT2D eigenvalue weighted by molar-refractivity contribution is 5.93. The standard InChI is InChI=1S/C12H10N2O5/c15-10-8(2-1-5-13-10)11(16)14-6-7-3-4-9(19-7)12(17)18/h1-5H,6H2,(H,13,15)(H,14,16)(H,17,18). The molecule has 7 nitrogen and oxygen atoms in total. The van der Waals surface area contributed by atoms with Crippen LogP contribution in [0.3, 0.4) is 0 Å². The third-order valence-corrected chi connectivity index (χ3v) is 2.36. The fourth-order valence-corrected chi connectivity index (χ4v) is 1.45. The first-order valence-corrected chi connectivity index (χ1v) is 5.36. The fraction of sp³-hybridized carbons (Fsp3) is 0.0833. The highest BCUT2D eigenvalue weighted by atomic mass is 16.4. The second-order valence-electron chi connectivity index (χ2n) is 3.67. The maximum Gasteiger partial charge on any atom is 0.371 e. The lowest BCUT2D eigenvalue weighted by Gasteiger charge is -2.01. The van der Waals surface area contributed by atoms with Crippen LogP contribution in [0.4, 0.5) is 0 Å². The van der Waals surface area contributed by atoms with E-state index in [1.807, 2.05) is 0 Å². The van der Waals surface area contributed by atoms with Crippen molar-refractivity contribution in [2.45, 2.75) is 6.54 Å². The summed E-state index contributed by atoms with van der Waals surface area (Å²) in [4.78, 5) is 36.0. The van der Waals surface area contributed by atoms with Gasteiger partial charge in [0.1, 0.15) is 11.3 Å². The number of hydrogen-bond donors (Lipinski definition) is 3. The number of aromatic amines is 1. The van der Waals surface area contributed by atoms with Gasteiger partial charge in [0.15, 0.2) is 0 Å². The summed E-state index contributed by atoms with van der Waals surface area (Å²) in [6.45, 7) is 0.000444. The first-order chi connectivity index (χ1) is 9.08. The van der Waals surface area contributed by atoms with Crippen molar-refractivity contribution in [1.29, 1.82) is 0 Å². The topological polar surface area (TPSA) is 112 Å². The number of nitrogens with one attached hydrogen (secondary N) is 2. The SMILES string of the molecule is O=C(O)c1ccc(CNC(=O)c2ccc[nH]c2=O)o1. The number of pyridine rings is 1. The number of amides is 1. The molecule has 2 aromatic rings. The molecule has 0 aliphatic heterocycles. The molecule has 0 saturated heterocycles. The van der Waals surface area contributed by atoms with E-state index in [0.717, 1.165) is 0 Å². The summed E-state index contributed by atoms with van der Waals surface area (Å²) in [6.07, 6.45) is 1.42. The lowest BCUT2D eigenvalue weighted by Crippen LogP contribution is -2.28. The monoisotopic (exact) mass is 262 g/mol. The Hall–Kier alpha value is -2.83. The van der Waals surface area contributed by atoms with Crippen LogP contribution >= 0.6 is 0 Å². The van der Waals surface area contributed by atoms with Gasteiger partial charge in [-0.15, -0.1) is 0 Å². The molecule has 0 fully saturated rings. The quantitative estimate of drug-likeness (QED) is 0.746. The average molecular weight is 262 g/mol. The predicted molar refractivity (Wildman–Crippen MR) is 63.9 cm³/mol. The minimum atomic E-state index is -1.18. The Balaban J connectivity index is 2.02. The van der Waals surface area contributed by atoms with Crippen molar-refractivity contribution in [1.82, 2.24) is 10.3 Å². The summed E-state index contributed by atoms with van der Waals surface area (Å²) in [6, 6.07) is 5.66. The number of carboxylic acids is 1. The number of carbonyl (C=O) groups is 2. The summed E-state index contributed by atoms with van der Waals surface area (Å²) < 4.78 is 4.96. The third-order valence-electron chi connectivity index (χ3n) is 2.36.